The molecule has 0 aliphatic heterocycles. The standard InChI is InChI=1S/C20H24N6OS/c1-13(2)18-12-28-20(25-18)19(27)24-15-3-5-16(6-4-15)26-11-14(9-23-26)17-10-21-7-8-22-17/h7-13,15-16H,3-6H2,1-2H3,(H,24,27). The molecular weight excluding hydrogens is 372 g/mol. The maximum absolute atomic E-state index is 12.5. The molecule has 0 aromatic carbocycles. The number of amides is 1. The van der Waals surface area contributed by atoms with Crippen LogP contribution in [0.15, 0.2) is 36.4 Å². The highest BCUT2D eigenvalue weighted by Crippen LogP contribution is 2.29. The number of hydrogen-bond acceptors (Lipinski definition) is 6. The van der Waals surface area contributed by atoms with Crippen molar-refractivity contribution in [3.05, 3.63) is 47.1 Å². The molecule has 0 bridgehead atoms. The molecule has 7 nitrogen and oxygen atoms in total. The fraction of sp³-hybridized carbons (Fsp3) is 0.450. The van der Waals surface area contributed by atoms with E-state index in [2.05, 4.69) is 39.2 Å². The van der Waals surface area contributed by atoms with E-state index in [-0.39, 0.29) is 11.9 Å². The second-order valence-corrected chi connectivity index (χ2v) is 8.37. The van der Waals surface area contributed by atoms with Gasteiger partial charge in [-0.25, -0.2) is 4.98 Å². The summed E-state index contributed by atoms with van der Waals surface area (Å²) in [5, 5.41) is 10.2. The molecule has 0 saturated heterocycles. The van der Waals surface area contributed by atoms with Gasteiger partial charge in [-0.05, 0) is 31.6 Å². The SMILES string of the molecule is CC(C)c1csc(C(=O)NC2CCC(n3cc(-c4cnccn4)cn3)CC2)n1. The molecule has 1 N–H and O–H groups in total. The molecule has 4 rings (SSSR count). The van der Waals surface area contributed by atoms with E-state index in [9.17, 15) is 4.79 Å². The first-order valence-corrected chi connectivity index (χ1v) is 10.5. The number of nitrogens with one attached hydrogen (secondary N) is 1. The lowest BCUT2D eigenvalue weighted by Crippen LogP contribution is -2.38. The van der Waals surface area contributed by atoms with Crippen molar-refractivity contribution in [2.24, 2.45) is 0 Å². The van der Waals surface area contributed by atoms with E-state index in [0.29, 0.717) is 17.0 Å². The number of carbonyl (C=O) groups excluding carboxylic acids is 1. The third-order valence-corrected chi connectivity index (χ3v) is 6.03. The second-order valence-electron chi connectivity index (χ2n) is 7.51. The summed E-state index contributed by atoms with van der Waals surface area (Å²) < 4.78 is 2.03. The van der Waals surface area contributed by atoms with Crippen LogP contribution in [0.4, 0.5) is 0 Å². The molecule has 1 aliphatic carbocycles. The van der Waals surface area contributed by atoms with Crippen molar-refractivity contribution in [1.29, 1.82) is 0 Å². The minimum atomic E-state index is -0.0515. The first-order valence-electron chi connectivity index (χ1n) is 9.67. The largest absolute Gasteiger partial charge is 0.347 e. The summed E-state index contributed by atoms with van der Waals surface area (Å²) in [6.45, 7) is 4.17. The van der Waals surface area contributed by atoms with Gasteiger partial charge in [0, 0.05) is 35.6 Å². The molecule has 0 spiro atoms. The Bertz CT molecular complexity index is 927. The van der Waals surface area contributed by atoms with Crippen molar-refractivity contribution in [2.45, 2.75) is 57.5 Å². The van der Waals surface area contributed by atoms with Crippen LogP contribution >= 0.6 is 11.3 Å². The number of hydrogen-bond donors (Lipinski definition) is 1. The average molecular weight is 397 g/mol. The Kier molecular flexibility index (Phi) is 5.47. The van der Waals surface area contributed by atoms with E-state index in [1.807, 2.05) is 22.5 Å². The van der Waals surface area contributed by atoms with Gasteiger partial charge in [0.25, 0.3) is 5.91 Å². The second kappa shape index (κ2) is 8.18. The summed E-state index contributed by atoms with van der Waals surface area (Å²) >= 11 is 1.42. The fourth-order valence-corrected chi connectivity index (χ4v) is 4.39. The Labute approximate surface area is 168 Å². The first kappa shape index (κ1) is 18.7. The van der Waals surface area contributed by atoms with Gasteiger partial charge in [0.2, 0.25) is 0 Å². The quantitative estimate of drug-likeness (QED) is 0.708. The molecule has 1 fully saturated rings. The molecule has 3 aromatic rings. The van der Waals surface area contributed by atoms with Gasteiger partial charge in [-0.2, -0.15) is 5.10 Å². The van der Waals surface area contributed by atoms with Gasteiger partial charge in [0.05, 0.1) is 29.8 Å². The van der Waals surface area contributed by atoms with E-state index in [1.54, 1.807) is 18.6 Å². The van der Waals surface area contributed by atoms with Gasteiger partial charge in [-0.3, -0.25) is 19.4 Å². The first-order chi connectivity index (χ1) is 13.6. The molecular formula is C20H24N6OS. The minimum Gasteiger partial charge on any atom is -0.347 e. The Morgan fingerprint density at radius 2 is 2.04 bits per heavy atom. The zero-order valence-corrected chi connectivity index (χ0v) is 16.9. The summed E-state index contributed by atoms with van der Waals surface area (Å²) in [6, 6.07) is 0.552. The van der Waals surface area contributed by atoms with Crippen LogP contribution < -0.4 is 5.32 Å². The van der Waals surface area contributed by atoms with Crippen LogP contribution in [0.5, 0.6) is 0 Å². The third kappa shape index (κ3) is 4.11. The van der Waals surface area contributed by atoms with Crippen molar-refractivity contribution in [2.75, 3.05) is 0 Å². The van der Waals surface area contributed by atoms with Crippen molar-refractivity contribution in [3.63, 3.8) is 0 Å². The highest BCUT2D eigenvalue weighted by molar-refractivity contribution is 7.11. The monoisotopic (exact) mass is 396 g/mol. The van der Waals surface area contributed by atoms with Gasteiger partial charge in [0.15, 0.2) is 5.01 Å². The zero-order valence-electron chi connectivity index (χ0n) is 16.1. The molecule has 3 heterocycles. The van der Waals surface area contributed by atoms with Crippen molar-refractivity contribution < 1.29 is 4.79 Å². The highest BCUT2D eigenvalue weighted by atomic mass is 32.1. The van der Waals surface area contributed by atoms with Crippen LogP contribution in [-0.4, -0.2) is 36.7 Å². The molecule has 1 aliphatic rings. The van der Waals surface area contributed by atoms with Crippen LogP contribution in [0.1, 0.15) is 67.0 Å². The molecule has 0 unspecified atom stereocenters. The lowest BCUT2D eigenvalue weighted by atomic mass is 9.91. The Morgan fingerprint density at radius 3 is 2.71 bits per heavy atom. The lowest BCUT2D eigenvalue weighted by molar-refractivity contribution is 0.0921. The molecule has 0 radical (unpaired) electrons. The zero-order chi connectivity index (χ0) is 19.5. The molecule has 8 heteroatoms. The van der Waals surface area contributed by atoms with Gasteiger partial charge < -0.3 is 5.32 Å². The van der Waals surface area contributed by atoms with E-state index in [1.165, 1.54) is 11.3 Å². The van der Waals surface area contributed by atoms with Crippen LogP contribution in [0.25, 0.3) is 11.3 Å². The van der Waals surface area contributed by atoms with Gasteiger partial charge in [0.1, 0.15) is 0 Å². The van der Waals surface area contributed by atoms with Gasteiger partial charge in [-0.1, -0.05) is 13.8 Å². The summed E-state index contributed by atoms with van der Waals surface area (Å²) in [5.74, 6) is 0.290. The molecule has 28 heavy (non-hydrogen) atoms. The predicted molar refractivity (Wildman–Crippen MR) is 108 cm³/mol. The van der Waals surface area contributed by atoms with Crippen molar-refractivity contribution in [1.82, 2.24) is 30.0 Å². The fourth-order valence-electron chi connectivity index (χ4n) is 3.51. The van der Waals surface area contributed by atoms with Crippen molar-refractivity contribution >= 4 is 17.2 Å². The Hall–Kier alpha value is -2.61. The molecule has 0 atom stereocenters. The Morgan fingerprint density at radius 1 is 1.21 bits per heavy atom. The smallest absolute Gasteiger partial charge is 0.280 e. The predicted octanol–water partition coefficient (Wildman–Crippen LogP) is 3.83. The Balaban J connectivity index is 1.32. The number of rotatable bonds is 5. The van der Waals surface area contributed by atoms with E-state index < -0.39 is 0 Å². The maximum atomic E-state index is 12.5. The summed E-state index contributed by atoms with van der Waals surface area (Å²) in [6.07, 6.45) is 12.8. The summed E-state index contributed by atoms with van der Waals surface area (Å²) in [5.41, 5.74) is 2.80. The molecule has 146 valence electrons. The third-order valence-electron chi connectivity index (χ3n) is 5.17. The van der Waals surface area contributed by atoms with Crippen LogP contribution in [0.3, 0.4) is 0 Å². The number of carbonyl (C=O) groups is 1. The lowest BCUT2D eigenvalue weighted by Gasteiger charge is -2.29. The van der Waals surface area contributed by atoms with Gasteiger partial charge in [-0.15, -0.1) is 11.3 Å². The summed E-state index contributed by atoms with van der Waals surface area (Å²) in [4.78, 5) is 25.4. The minimum absolute atomic E-state index is 0.0515. The average Bonchev–Trinajstić information content (AvgIpc) is 3.39. The van der Waals surface area contributed by atoms with E-state index in [4.69, 9.17) is 0 Å². The highest BCUT2D eigenvalue weighted by Gasteiger charge is 2.25. The number of nitrogens with zero attached hydrogens (tertiary/aromatic N) is 5. The summed E-state index contributed by atoms with van der Waals surface area (Å²) in [7, 11) is 0. The van der Waals surface area contributed by atoms with Crippen LogP contribution in [0.2, 0.25) is 0 Å². The van der Waals surface area contributed by atoms with E-state index in [0.717, 1.165) is 42.6 Å². The van der Waals surface area contributed by atoms with E-state index >= 15 is 0 Å². The van der Waals surface area contributed by atoms with Crippen LogP contribution in [0, 0.1) is 0 Å². The van der Waals surface area contributed by atoms with Crippen molar-refractivity contribution in [3.8, 4) is 11.3 Å². The number of aromatic nitrogens is 5. The van der Waals surface area contributed by atoms with Crippen LogP contribution in [-0.2, 0) is 0 Å². The number of thiazole rings is 1. The molecule has 1 saturated carbocycles. The maximum Gasteiger partial charge on any atom is 0.280 e. The topological polar surface area (TPSA) is 85.6 Å². The normalized spacial score (nSPS) is 19.7. The molecule has 3 aromatic heterocycles. The van der Waals surface area contributed by atoms with Gasteiger partial charge >= 0.3 is 0 Å². The molecule has 1 amide bonds.